The van der Waals surface area contributed by atoms with Crippen molar-refractivity contribution < 1.29 is 9.15 Å². The second kappa shape index (κ2) is 10.1. The van der Waals surface area contributed by atoms with Crippen molar-refractivity contribution in [2.24, 2.45) is 4.99 Å². The fourth-order valence-corrected chi connectivity index (χ4v) is 2.30. The average Bonchev–Trinajstić information content (AvgIpc) is 3.05. The molecule has 0 aliphatic rings. The Bertz CT molecular complexity index is 600. The number of nitrogens with one attached hydrogen (secondary N) is 1. The first-order valence-electron chi connectivity index (χ1n) is 7.30. The summed E-state index contributed by atoms with van der Waals surface area (Å²) in [5.74, 6) is 2.70. The van der Waals surface area contributed by atoms with Crippen molar-refractivity contribution >= 4 is 29.9 Å². The Morgan fingerprint density at radius 1 is 1.26 bits per heavy atom. The van der Waals surface area contributed by atoms with Crippen LogP contribution in [0.2, 0.25) is 0 Å². The molecule has 0 spiro atoms. The van der Waals surface area contributed by atoms with Crippen LogP contribution in [0.1, 0.15) is 11.3 Å². The van der Waals surface area contributed by atoms with Gasteiger partial charge in [0, 0.05) is 39.2 Å². The zero-order valence-electron chi connectivity index (χ0n) is 13.8. The minimum atomic E-state index is 0. The van der Waals surface area contributed by atoms with E-state index in [1.165, 1.54) is 0 Å². The quantitative estimate of drug-likeness (QED) is 0.436. The molecule has 0 aliphatic heterocycles. The number of ether oxygens (including phenoxy) is 1. The molecule has 0 saturated heterocycles. The van der Waals surface area contributed by atoms with E-state index < -0.39 is 0 Å². The number of hydrogen-bond donors (Lipinski definition) is 1. The SMILES string of the molecule is CN=C(NCCc1ccco1)N(C)Cc1ccccc1OC.I. The van der Waals surface area contributed by atoms with Gasteiger partial charge in [0.05, 0.1) is 13.4 Å². The largest absolute Gasteiger partial charge is 0.496 e. The summed E-state index contributed by atoms with van der Waals surface area (Å²) in [6.07, 6.45) is 2.52. The van der Waals surface area contributed by atoms with E-state index >= 15 is 0 Å². The van der Waals surface area contributed by atoms with Crippen molar-refractivity contribution in [1.29, 1.82) is 0 Å². The number of guanidine groups is 1. The molecule has 23 heavy (non-hydrogen) atoms. The summed E-state index contributed by atoms with van der Waals surface area (Å²) in [5.41, 5.74) is 1.13. The number of hydrogen-bond acceptors (Lipinski definition) is 3. The molecule has 0 saturated carbocycles. The Labute approximate surface area is 154 Å². The van der Waals surface area contributed by atoms with Crippen LogP contribution in [0.25, 0.3) is 0 Å². The van der Waals surface area contributed by atoms with E-state index in [9.17, 15) is 0 Å². The van der Waals surface area contributed by atoms with Gasteiger partial charge in [-0.2, -0.15) is 0 Å². The highest BCUT2D eigenvalue weighted by atomic mass is 127. The Hall–Kier alpha value is -1.70. The Morgan fingerprint density at radius 2 is 2.04 bits per heavy atom. The standard InChI is InChI=1S/C17H23N3O2.HI/c1-18-17(19-11-10-15-8-6-12-22-15)20(2)13-14-7-4-5-9-16(14)21-3;/h4-9,12H,10-11,13H2,1-3H3,(H,18,19);1H. The normalized spacial score (nSPS) is 10.8. The number of nitrogens with zero attached hydrogens (tertiary/aromatic N) is 2. The third-order valence-electron chi connectivity index (χ3n) is 3.41. The van der Waals surface area contributed by atoms with Gasteiger partial charge in [0.2, 0.25) is 0 Å². The number of para-hydroxylation sites is 1. The zero-order chi connectivity index (χ0) is 15.8. The van der Waals surface area contributed by atoms with Crippen LogP contribution in [-0.2, 0) is 13.0 Å². The number of furan rings is 1. The molecule has 6 heteroatoms. The monoisotopic (exact) mass is 429 g/mol. The lowest BCUT2D eigenvalue weighted by atomic mass is 10.2. The van der Waals surface area contributed by atoms with Gasteiger partial charge in [-0.15, -0.1) is 24.0 Å². The summed E-state index contributed by atoms with van der Waals surface area (Å²) in [6, 6.07) is 11.9. The van der Waals surface area contributed by atoms with Crippen molar-refractivity contribution in [2.75, 3.05) is 27.7 Å². The second-order valence-electron chi connectivity index (χ2n) is 4.97. The Morgan fingerprint density at radius 3 is 2.70 bits per heavy atom. The molecule has 0 atom stereocenters. The van der Waals surface area contributed by atoms with Crippen LogP contribution in [0.5, 0.6) is 5.75 Å². The van der Waals surface area contributed by atoms with Crippen LogP contribution in [0.15, 0.2) is 52.1 Å². The molecule has 0 bridgehead atoms. The average molecular weight is 429 g/mol. The van der Waals surface area contributed by atoms with Crippen molar-refractivity contribution in [3.63, 3.8) is 0 Å². The number of halogens is 1. The maximum absolute atomic E-state index is 5.39. The maximum Gasteiger partial charge on any atom is 0.193 e. The first-order valence-corrected chi connectivity index (χ1v) is 7.30. The fraction of sp³-hybridized carbons (Fsp3) is 0.353. The molecule has 5 nitrogen and oxygen atoms in total. The van der Waals surface area contributed by atoms with Crippen LogP contribution in [-0.4, -0.2) is 38.6 Å². The molecule has 1 aromatic heterocycles. The highest BCUT2D eigenvalue weighted by Crippen LogP contribution is 2.18. The van der Waals surface area contributed by atoms with Gasteiger partial charge in [-0.1, -0.05) is 18.2 Å². The smallest absolute Gasteiger partial charge is 0.193 e. The van der Waals surface area contributed by atoms with E-state index in [0.29, 0.717) is 0 Å². The Balaban J connectivity index is 0.00000264. The van der Waals surface area contributed by atoms with Gasteiger partial charge in [0.1, 0.15) is 11.5 Å². The van der Waals surface area contributed by atoms with E-state index in [1.807, 2.05) is 37.4 Å². The van der Waals surface area contributed by atoms with Crippen molar-refractivity contribution in [3.8, 4) is 5.75 Å². The van der Waals surface area contributed by atoms with Crippen molar-refractivity contribution in [1.82, 2.24) is 10.2 Å². The molecular weight excluding hydrogens is 405 g/mol. The summed E-state index contributed by atoms with van der Waals surface area (Å²) < 4.78 is 10.7. The topological polar surface area (TPSA) is 50.0 Å². The first kappa shape index (κ1) is 19.3. The molecule has 2 aromatic rings. The number of rotatable bonds is 6. The molecule has 2 rings (SSSR count). The van der Waals surface area contributed by atoms with Crippen molar-refractivity contribution in [3.05, 3.63) is 54.0 Å². The van der Waals surface area contributed by atoms with E-state index in [1.54, 1.807) is 20.4 Å². The van der Waals surface area contributed by atoms with Gasteiger partial charge in [0.25, 0.3) is 0 Å². The molecule has 0 fully saturated rings. The van der Waals surface area contributed by atoms with Gasteiger partial charge >= 0.3 is 0 Å². The van der Waals surface area contributed by atoms with Crippen LogP contribution in [0, 0.1) is 0 Å². The summed E-state index contributed by atoms with van der Waals surface area (Å²) in [5, 5.41) is 3.34. The van der Waals surface area contributed by atoms with E-state index in [-0.39, 0.29) is 24.0 Å². The van der Waals surface area contributed by atoms with Gasteiger partial charge in [0.15, 0.2) is 5.96 Å². The highest BCUT2D eigenvalue weighted by Gasteiger charge is 2.09. The number of aliphatic imine (C=N–C) groups is 1. The van der Waals surface area contributed by atoms with E-state index in [0.717, 1.165) is 42.5 Å². The molecular formula is C17H24IN3O2. The number of methoxy groups -OCH3 is 1. The minimum Gasteiger partial charge on any atom is -0.496 e. The molecule has 1 aromatic carbocycles. The predicted molar refractivity (Wildman–Crippen MR) is 104 cm³/mol. The first-order chi connectivity index (χ1) is 10.7. The molecule has 0 unspecified atom stereocenters. The van der Waals surface area contributed by atoms with Gasteiger partial charge < -0.3 is 19.4 Å². The summed E-state index contributed by atoms with van der Waals surface area (Å²) >= 11 is 0. The second-order valence-corrected chi connectivity index (χ2v) is 4.97. The molecule has 0 aliphatic carbocycles. The highest BCUT2D eigenvalue weighted by molar-refractivity contribution is 14.0. The lowest BCUT2D eigenvalue weighted by Gasteiger charge is -2.23. The zero-order valence-corrected chi connectivity index (χ0v) is 16.1. The van der Waals surface area contributed by atoms with Crippen LogP contribution >= 0.6 is 24.0 Å². The van der Waals surface area contributed by atoms with Gasteiger partial charge in [-0.3, -0.25) is 4.99 Å². The molecule has 1 N–H and O–H groups in total. The van der Waals surface area contributed by atoms with Gasteiger partial charge in [-0.25, -0.2) is 0 Å². The van der Waals surface area contributed by atoms with E-state index in [2.05, 4.69) is 21.3 Å². The third-order valence-corrected chi connectivity index (χ3v) is 3.41. The molecule has 126 valence electrons. The van der Waals surface area contributed by atoms with Crippen LogP contribution in [0.3, 0.4) is 0 Å². The molecule has 0 radical (unpaired) electrons. The molecule has 0 amide bonds. The summed E-state index contributed by atoms with van der Waals surface area (Å²) in [4.78, 5) is 6.39. The summed E-state index contributed by atoms with van der Waals surface area (Å²) in [6.45, 7) is 1.50. The van der Waals surface area contributed by atoms with E-state index in [4.69, 9.17) is 9.15 Å². The lowest BCUT2D eigenvalue weighted by Crippen LogP contribution is -2.39. The summed E-state index contributed by atoms with van der Waals surface area (Å²) in [7, 11) is 5.48. The number of benzene rings is 1. The minimum absolute atomic E-state index is 0. The van der Waals surface area contributed by atoms with Crippen molar-refractivity contribution in [2.45, 2.75) is 13.0 Å². The van der Waals surface area contributed by atoms with Crippen LogP contribution in [0.4, 0.5) is 0 Å². The van der Waals surface area contributed by atoms with Gasteiger partial charge in [-0.05, 0) is 18.2 Å². The molecule has 1 heterocycles. The third kappa shape index (κ3) is 5.78. The Kier molecular flexibility index (Phi) is 8.53. The fourth-order valence-electron chi connectivity index (χ4n) is 2.30. The lowest BCUT2D eigenvalue weighted by molar-refractivity contribution is 0.396. The van der Waals surface area contributed by atoms with Crippen LogP contribution < -0.4 is 10.1 Å². The predicted octanol–water partition coefficient (Wildman–Crippen LogP) is 3.16. The maximum atomic E-state index is 5.39.